The average Bonchev–Trinajstić information content (AvgIpc) is 3.24. The highest BCUT2D eigenvalue weighted by atomic mass is 79.9. The predicted molar refractivity (Wildman–Crippen MR) is 116 cm³/mol. The van der Waals surface area contributed by atoms with Crippen LogP contribution in [-0.4, -0.2) is 20.6 Å². The van der Waals surface area contributed by atoms with Crippen molar-refractivity contribution in [3.8, 4) is 5.69 Å². The Hall–Kier alpha value is -2.28. The van der Waals surface area contributed by atoms with E-state index in [1.807, 2.05) is 59.3 Å². The van der Waals surface area contributed by atoms with Gasteiger partial charge in [-0.1, -0.05) is 45.7 Å². The first-order valence-corrected chi connectivity index (χ1v) is 10.4. The van der Waals surface area contributed by atoms with E-state index in [-0.39, 0.29) is 17.7 Å². The van der Waals surface area contributed by atoms with Crippen LogP contribution in [0.5, 0.6) is 0 Å². The van der Waals surface area contributed by atoms with Crippen LogP contribution in [0.15, 0.2) is 76.2 Å². The van der Waals surface area contributed by atoms with Crippen LogP contribution >= 0.6 is 39.3 Å². The Morgan fingerprint density at radius 3 is 2.57 bits per heavy atom. The minimum absolute atomic E-state index is 0.228. The lowest BCUT2D eigenvalue weighted by Crippen LogP contribution is -2.27. The number of hydrogen-bond acceptors (Lipinski definition) is 3. The number of nitrogens with zero attached hydrogens (tertiary/aromatic N) is 2. The maximum atomic E-state index is 12.8. The van der Waals surface area contributed by atoms with E-state index in [1.165, 1.54) is 4.90 Å². The van der Waals surface area contributed by atoms with Gasteiger partial charge in [0.15, 0.2) is 0 Å². The standard InChI is InChI=1S/C21H14BrClN2O2S/c22-15-3-1-4-17(11-15)24-10-2-5-18(24)12-19-20(26)25(21(27)28-19)13-14-6-8-16(23)9-7-14/h1-12H,13H2/b19-12+. The van der Waals surface area contributed by atoms with Crippen LogP contribution in [0.2, 0.25) is 5.02 Å². The summed E-state index contributed by atoms with van der Waals surface area (Å²) in [7, 11) is 0. The quantitative estimate of drug-likeness (QED) is 0.428. The molecule has 28 heavy (non-hydrogen) atoms. The second-order valence-corrected chi connectivity index (χ2v) is 8.52. The summed E-state index contributed by atoms with van der Waals surface area (Å²) in [6, 6.07) is 18.8. The average molecular weight is 474 g/mol. The van der Waals surface area contributed by atoms with Crippen molar-refractivity contribution in [2.75, 3.05) is 0 Å². The minimum Gasteiger partial charge on any atom is -0.317 e. The lowest BCUT2D eigenvalue weighted by molar-refractivity contribution is -0.123. The smallest absolute Gasteiger partial charge is 0.293 e. The third-order valence-corrected chi connectivity index (χ3v) is 5.93. The molecule has 2 aromatic carbocycles. The van der Waals surface area contributed by atoms with Crippen molar-refractivity contribution in [1.29, 1.82) is 0 Å². The molecule has 0 bridgehead atoms. The summed E-state index contributed by atoms with van der Waals surface area (Å²) in [5.41, 5.74) is 2.64. The number of hydrogen-bond donors (Lipinski definition) is 0. The fourth-order valence-corrected chi connectivity index (χ4v) is 4.25. The first-order valence-electron chi connectivity index (χ1n) is 8.44. The number of imide groups is 1. The van der Waals surface area contributed by atoms with Gasteiger partial charge in [-0.2, -0.15) is 0 Å². The Bertz CT molecular complexity index is 1090. The van der Waals surface area contributed by atoms with Crippen molar-refractivity contribution >= 4 is 56.5 Å². The monoisotopic (exact) mass is 472 g/mol. The second-order valence-electron chi connectivity index (χ2n) is 6.18. The molecule has 1 fully saturated rings. The van der Waals surface area contributed by atoms with Gasteiger partial charge in [-0.3, -0.25) is 14.5 Å². The van der Waals surface area contributed by atoms with E-state index in [0.29, 0.717) is 9.93 Å². The van der Waals surface area contributed by atoms with Crippen LogP contribution in [-0.2, 0) is 11.3 Å². The van der Waals surface area contributed by atoms with Gasteiger partial charge in [0.05, 0.1) is 11.4 Å². The van der Waals surface area contributed by atoms with E-state index in [0.717, 1.165) is 33.2 Å². The van der Waals surface area contributed by atoms with Gasteiger partial charge in [-0.15, -0.1) is 0 Å². The summed E-state index contributed by atoms with van der Waals surface area (Å²) in [4.78, 5) is 26.8. The van der Waals surface area contributed by atoms with Crippen molar-refractivity contribution in [3.63, 3.8) is 0 Å². The molecular weight excluding hydrogens is 460 g/mol. The molecule has 4 rings (SSSR count). The van der Waals surface area contributed by atoms with Crippen LogP contribution in [0.3, 0.4) is 0 Å². The number of halogens is 2. The Labute approximate surface area is 179 Å². The number of aromatic nitrogens is 1. The third-order valence-electron chi connectivity index (χ3n) is 4.27. The van der Waals surface area contributed by atoms with Gasteiger partial charge in [-0.05, 0) is 65.9 Å². The van der Waals surface area contributed by atoms with Gasteiger partial charge in [0.1, 0.15) is 0 Å². The number of carbonyl (C=O) groups excluding carboxylic acids is 2. The number of amides is 2. The summed E-state index contributed by atoms with van der Waals surface area (Å²) < 4.78 is 2.94. The largest absolute Gasteiger partial charge is 0.317 e. The van der Waals surface area contributed by atoms with Gasteiger partial charge in [0.25, 0.3) is 11.1 Å². The predicted octanol–water partition coefficient (Wildman–Crippen LogP) is 6.13. The van der Waals surface area contributed by atoms with E-state index in [9.17, 15) is 9.59 Å². The minimum atomic E-state index is -0.285. The zero-order valence-corrected chi connectivity index (χ0v) is 17.7. The van der Waals surface area contributed by atoms with Crippen LogP contribution < -0.4 is 0 Å². The number of rotatable bonds is 4. The van der Waals surface area contributed by atoms with Crippen molar-refractivity contribution in [2.24, 2.45) is 0 Å². The SMILES string of the molecule is O=C1S/C(=C/c2cccn2-c2cccc(Br)c2)C(=O)N1Cc1ccc(Cl)cc1. The molecule has 0 spiro atoms. The van der Waals surface area contributed by atoms with E-state index in [4.69, 9.17) is 11.6 Å². The Morgan fingerprint density at radius 2 is 1.82 bits per heavy atom. The molecule has 7 heteroatoms. The molecule has 1 aromatic heterocycles. The Kier molecular flexibility index (Phi) is 5.44. The first-order chi connectivity index (χ1) is 13.5. The molecule has 1 saturated heterocycles. The number of benzene rings is 2. The molecule has 1 aliphatic rings. The highest BCUT2D eigenvalue weighted by Crippen LogP contribution is 2.34. The summed E-state index contributed by atoms with van der Waals surface area (Å²) >= 11 is 10.3. The summed E-state index contributed by atoms with van der Waals surface area (Å²) in [6.07, 6.45) is 3.68. The van der Waals surface area contributed by atoms with E-state index >= 15 is 0 Å². The highest BCUT2D eigenvalue weighted by Gasteiger charge is 2.35. The molecule has 2 amide bonds. The molecule has 1 aliphatic heterocycles. The van der Waals surface area contributed by atoms with Gasteiger partial charge in [0, 0.05) is 27.1 Å². The molecule has 0 saturated carbocycles. The number of carbonyl (C=O) groups is 2. The van der Waals surface area contributed by atoms with E-state index in [2.05, 4.69) is 15.9 Å². The molecule has 0 N–H and O–H groups in total. The second kappa shape index (κ2) is 7.99. The fraction of sp³-hybridized carbons (Fsp3) is 0.0476. The van der Waals surface area contributed by atoms with Crippen molar-refractivity contribution in [2.45, 2.75) is 6.54 Å². The molecule has 2 heterocycles. The fourth-order valence-electron chi connectivity index (χ4n) is 2.92. The zero-order valence-electron chi connectivity index (χ0n) is 14.5. The van der Waals surface area contributed by atoms with Gasteiger partial charge in [0.2, 0.25) is 0 Å². The normalized spacial score (nSPS) is 15.6. The topological polar surface area (TPSA) is 42.3 Å². The van der Waals surface area contributed by atoms with E-state index in [1.54, 1.807) is 18.2 Å². The van der Waals surface area contributed by atoms with Crippen molar-refractivity contribution in [1.82, 2.24) is 9.47 Å². The molecular formula is C21H14BrClN2O2S. The van der Waals surface area contributed by atoms with Crippen LogP contribution in [0.4, 0.5) is 4.79 Å². The molecule has 4 nitrogen and oxygen atoms in total. The first kappa shape index (κ1) is 19.1. The van der Waals surface area contributed by atoms with Crippen LogP contribution in [0, 0.1) is 0 Å². The van der Waals surface area contributed by atoms with Gasteiger partial charge < -0.3 is 4.57 Å². The van der Waals surface area contributed by atoms with Crippen LogP contribution in [0.1, 0.15) is 11.3 Å². The number of thioether (sulfide) groups is 1. The summed E-state index contributed by atoms with van der Waals surface area (Å²) in [5, 5.41) is 0.345. The van der Waals surface area contributed by atoms with E-state index < -0.39 is 0 Å². The molecule has 3 aromatic rings. The molecule has 0 atom stereocenters. The lowest BCUT2D eigenvalue weighted by atomic mass is 10.2. The van der Waals surface area contributed by atoms with Crippen molar-refractivity contribution in [3.05, 3.63) is 92.5 Å². The molecule has 0 radical (unpaired) electrons. The maximum Gasteiger partial charge on any atom is 0.293 e. The van der Waals surface area contributed by atoms with Gasteiger partial charge in [-0.25, -0.2) is 0 Å². The zero-order chi connectivity index (χ0) is 19.7. The Morgan fingerprint density at radius 1 is 1.04 bits per heavy atom. The molecule has 0 aliphatic carbocycles. The maximum absolute atomic E-state index is 12.8. The van der Waals surface area contributed by atoms with Gasteiger partial charge >= 0.3 is 0 Å². The Balaban J connectivity index is 1.60. The third kappa shape index (κ3) is 3.94. The highest BCUT2D eigenvalue weighted by molar-refractivity contribution is 9.10. The molecule has 140 valence electrons. The van der Waals surface area contributed by atoms with Crippen molar-refractivity contribution < 1.29 is 9.59 Å². The molecule has 0 unspecified atom stereocenters. The van der Waals surface area contributed by atoms with Crippen LogP contribution in [0.25, 0.3) is 11.8 Å². The summed E-state index contributed by atoms with van der Waals surface area (Å²) in [5.74, 6) is -0.285. The lowest BCUT2D eigenvalue weighted by Gasteiger charge is -2.12. The summed E-state index contributed by atoms with van der Waals surface area (Å²) in [6.45, 7) is 0.228.